The van der Waals surface area contributed by atoms with E-state index in [1.54, 1.807) is 13.8 Å². The summed E-state index contributed by atoms with van der Waals surface area (Å²) in [6, 6.07) is 0. The van der Waals surface area contributed by atoms with E-state index in [1.807, 2.05) is 0 Å². The predicted molar refractivity (Wildman–Crippen MR) is 59.8 cm³/mol. The van der Waals surface area contributed by atoms with Crippen molar-refractivity contribution < 1.29 is 14.7 Å². The molecule has 16 heavy (non-hydrogen) atoms. The molecule has 1 rings (SSSR count). The highest BCUT2D eigenvalue weighted by Crippen LogP contribution is 2.31. The van der Waals surface area contributed by atoms with Crippen LogP contribution in [0.25, 0.3) is 0 Å². The maximum atomic E-state index is 11.9. The molecule has 4 N–H and O–H groups in total. The Labute approximate surface area is 95.4 Å². The van der Waals surface area contributed by atoms with Gasteiger partial charge in [-0.05, 0) is 26.7 Å². The zero-order valence-electron chi connectivity index (χ0n) is 9.88. The first kappa shape index (κ1) is 13.0. The van der Waals surface area contributed by atoms with E-state index in [0.29, 0.717) is 12.8 Å². The number of carboxylic acids is 1. The van der Waals surface area contributed by atoms with E-state index in [0.717, 1.165) is 12.8 Å². The molecule has 0 spiro atoms. The van der Waals surface area contributed by atoms with Gasteiger partial charge in [0.1, 0.15) is 5.54 Å². The van der Waals surface area contributed by atoms with Gasteiger partial charge in [-0.2, -0.15) is 0 Å². The monoisotopic (exact) mass is 228 g/mol. The number of carbonyl (C=O) groups is 2. The van der Waals surface area contributed by atoms with Crippen molar-refractivity contribution in [1.29, 1.82) is 0 Å². The molecule has 92 valence electrons. The van der Waals surface area contributed by atoms with Crippen molar-refractivity contribution in [3.63, 3.8) is 0 Å². The molecular weight excluding hydrogens is 208 g/mol. The van der Waals surface area contributed by atoms with Crippen LogP contribution < -0.4 is 11.1 Å². The van der Waals surface area contributed by atoms with Crippen LogP contribution in [0.3, 0.4) is 0 Å². The molecule has 0 aromatic rings. The molecule has 0 aliphatic heterocycles. The SMILES string of the molecule is CC(C)(CN)C(=O)NC1(C(=O)O)CCCC1. The van der Waals surface area contributed by atoms with E-state index in [-0.39, 0.29) is 12.5 Å². The van der Waals surface area contributed by atoms with Crippen LogP contribution in [0.15, 0.2) is 0 Å². The number of rotatable bonds is 4. The van der Waals surface area contributed by atoms with Gasteiger partial charge in [-0.3, -0.25) is 4.79 Å². The third-order valence-electron chi connectivity index (χ3n) is 3.34. The molecule has 1 saturated carbocycles. The van der Waals surface area contributed by atoms with Crippen LogP contribution in [-0.2, 0) is 9.59 Å². The second kappa shape index (κ2) is 4.41. The zero-order chi connectivity index (χ0) is 12.4. The van der Waals surface area contributed by atoms with Crippen LogP contribution in [0.2, 0.25) is 0 Å². The van der Waals surface area contributed by atoms with Gasteiger partial charge in [0.05, 0.1) is 5.41 Å². The first-order chi connectivity index (χ1) is 7.34. The lowest BCUT2D eigenvalue weighted by atomic mass is 9.89. The second-order valence-corrected chi connectivity index (χ2v) is 5.14. The molecule has 5 nitrogen and oxygen atoms in total. The van der Waals surface area contributed by atoms with Crippen LogP contribution in [0.5, 0.6) is 0 Å². The Morgan fingerprint density at radius 1 is 1.38 bits per heavy atom. The van der Waals surface area contributed by atoms with Crippen LogP contribution in [0.4, 0.5) is 0 Å². The van der Waals surface area contributed by atoms with Crippen molar-refractivity contribution in [3.8, 4) is 0 Å². The number of aliphatic carboxylic acids is 1. The summed E-state index contributed by atoms with van der Waals surface area (Å²) in [4.78, 5) is 23.1. The van der Waals surface area contributed by atoms with Crippen LogP contribution in [0, 0.1) is 5.41 Å². The second-order valence-electron chi connectivity index (χ2n) is 5.14. The van der Waals surface area contributed by atoms with Gasteiger partial charge >= 0.3 is 5.97 Å². The number of amides is 1. The fourth-order valence-corrected chi connectivity index (χ4v) is 1.85. The minimum Gasteiger partial charge on any atom is -0.480 e. The summed E-state index contributed by atoms with van der Waals surface area (Å²) in [7, 11) is 0. The molecule has 5 heteroatoms. The molecule has 0 bridgehead atoms. The van der Waals surface area contributed by atoms with E-state index in [2.05, 4.69) is 5.32 Å². The number of nitrogens with two attached hydrogens (primary N) is 1. The summed E-state index contributed by atoms with van der Waals surface area (Å²) in [5.74, 6) is -1.22. The van der Waals surface area contributed by atoms with Crippen molar-refractivity contribution in [2.24, 2.45) is 11.1 Å². The van der Waals surface area contributed by atoms with Gasteiger partial charge in [0.2, 0.25) is 5.91 Å². The maximum absolute atomic E-state index is 11.9. The van der Waals surface area contributed by atoms with E-state index < -0.39 is 16.9 Å². The normalized spacial score (nSPS) is 19.4. The Bertz CT molecular complexity index is 294. The summed E-state index contributed by atoms with van der Waals surface area (Å²) in [6.45, 7) is 3.63. The van der Waals surface area contributed by atoms with Gasteiger partial charge in [-0.25, -0.2) is 4.79 Å². The fourth-order valence-electron chi connectivity index (χ4n) is 1.85. The van der Waals surface area contributed by atoms with Crippen molar-refractivity contribution in [2.75, 3.05) is 6.54 Å². The van der Waals surface area contributed by atoms with Gasteiger partial charge in [0.25, 0.3) is 0 Å². The maximum Gasteiger partial charge on any atom is 0.329 e. The molecule has 1 aliphatic rings. The summed E-state index contributed by atoms with van der Waals surface area (Å²) >= 11 is 0. The quantitative estimate of drug-likeness (QED) is 0.652. The molecule has 0 aromatic carbocycles. The van der Waals surface area contributed by atoms with Crippen molar-refractivity contribution >= 4 is 11.9 Å². The van der Waals surface area contributed by atoms with Crippen molar-refractivity contribution in [2.45, 2.75) is 45.1 Å². The van der Waals surface area contributed by atoms with Crippen LogP contribution >= 0.6 is 0 Å². The average Bonchev–Trinajstić information content (AvgIpc) is 2.67. The number of hydrogen-bond donors (Lipinski definition) is 3. The Hall–Kier alpha value is -1.10. The van der Waals surface area contributed by atoms with Gasteiger partial charge in [0, 0.05) is 6.54 Å². The Balaban J connectivity index is 2.78. The lowest BCUT2D eigenvalue weighted by Crippen LogP contribution is -2.56. The highest BCUT2D eigenvalue weighted by Gasteiger charge is 2.44. The molecular formula is C11H20N2O3. The Morgan fingerprint density at radius 3 is 2.25 bits per heavy atom. The van der Waals surface area contributed by atoms with E-state index in [1.165, 1.54) is 0 Å². The number of carboxylic acid groups (broad SMARTS) is 1. The van der Waals surface area contributed by atoms with Gasteiger partial charge in [0.15, 0.2) is 0 Å². The van der Waals surface area contributed by atoms with E-state index >= 15 is 0 Å². The lowest BCUT2D eigenvalue weighted by molar-refractivity contribution is -0.149. The number of nitrogens with one attached hydrogen (secondary N) is 1. The first-order valence-corrected chi connectivity index (χ1v) is 5.60. The predicted octanol–water partition coefficient (Wildman–Crippen LogP) is 0.485. The van der Waals surface area contributed by atoms with Gasteiger partial charge in [-0.15, -0.1) is 0 Å². The Morgan fingerprint density at radius 2 is 1.88 bits per heavy atom. The molecule has 0 unspecified atom stereocenters. The largest absolute Gasteiger partial charge is 0.480 e. The molecule has 1 aliphatic carbocycles. The van der Waals surface area contributed by atoms with E-state index in [4.69, 9.17) is 5.73 Å². The van der Waals surface area contributed by atoms with Crippen molar-refractivity contribution in [1.82, 2.24) is 5.32 Å². The summed E-state index contributed by atoms with van der Waals surface area (Å²) < 4.78 is 0. The standard InChI is InChI=1S/C11H20N2O3/c1-10(2,7-12)8(14)13-11(9(15)16)5-3-4-6-11/h3-7,12H2,1-2H3,(H,13,14)(H,15,16). The van der Waals surface area contributed by atoms with Gasteiger partial charge < -0.3 is 16.2 Å². The smallest absolute Gasteiger partial charge is 0.329 e. The molecule has 0 radical (unpaired) electrons. The fraction of sp³-hybridized carbons (Fsp3) is 0.818. The minimum absolute atomic E-state index is 0.203. The van der Waals surface area contributed by atoms with Crippen LogP contribution in [0.1, 0.15) is 39.5 Å². The molecule has 0 saturated heterocycles. The minimum atomic E-state index is -1.07. The number of hydrogen-bond acceptors (Lipinski definition) is 3. The highest BCUT2D eigenvalue weighted by molar-refractivity contribution is 5.90. The molecule has 0 heterocycles. The summed E-state index contributed by atoms with van der Waals surface area (Å²) in [5.41, 5.74) is 3.71. The summed E-state index contributed by atoms with van der Waals surface area (Å²) in [5, 5.41) is 11.9. The van der Waals surface area contributed by atoms with E-state index in [9.17, 15) is 14.7 Å². The molecule has 1 fully saturated rings. The van der Waals surface area contributed by atoms with Crippen LogP contribution in [-0.4, -0.2) is 29.1 Å². The van der Waals surface area contributed by atoms with Crippen molar-refractivity contribution in [3.05, 3.63) is 0 Å². The first-order valence-electron chi connectivity index (χ1n) is 5.60. The topological polar surface area (TPSA) is 92.4 Å². The molecule has 0 aromatic heterocycles. The third kappa shape index (κ3) is 2.35. The lowest BCUT2D eigenvalue weighted by Gasteiger charge is -2.30. The average molecular weight is 228 g/mol. The zero-order valence-corrected chi connectivity index (χ0v) is 9.88. The molecule has 1 amide bonds. The third-order valence-corrected chi connectivity index (χ3v) is 3.34. The number of carbonyl (C=O) groups excluding carboxylic acids is 1. The Kier molecular flexibility index (Phi) is 3.57. The van der Waals surface area contributed by atoms with Gasteiger partial charge in [-0.1, -0.05) is 12.8 Å². The molecule has 0 atom stereocenters. The summed E-state index contributed by atoms with van der Waals surface area (Å²) in [6.07, 6.45) is 2.70. The highest BCUT2D eigenvalue weighted by atomic mass is 16.4.